The molecule has 0 bridgehead atoms. The van der Waals surface area contributed by atoms with Gasteiger partial charge in [-0.15, -0.1) is 0 Å². The van der Waals surface area contributed by atoms with Crippen LogP contribution in [-0.4, -0.2) is 36.1 Å². The zero-order valence-electron chi connectivity index (χ0n) is 10.9. The van der Waals surface area contributed by atoms with Crippen molar-refractivity contribution >= 4 is 23.3 Å². The molecule has 3 unspecified atom stereocenters. The van der Waals surface area contributed by atoms with E-state index in [-0.39, 0.29) is 6.03 Å². The van der Waals surface area contributed by atoms with Gasteiger partial charge < -0.3 is 15.5 Å². The molecule has 0 aromatic heterocycles. The fourth-order valence-corrected chi connectivity index (χ4v) is 3.46. The molecule has 2 saturated heterocycles. The van der Waals surface area contributed by atoms with E-state index in [1.54, 1.807) is 12.1 Å². The van der Waals surface area contributed by atoms with E-state index < -0.39 is 0 Å². The molecule has 0 spiro atoms. The lowest BCUT2D eigenvalue weighted by Crippen LogP contribution is -2.45. The van der Waals surface area contributed by atoms with Crippen molar-refractivity contribution in [3.63, 3.8) is 0 Å². The highest BCUT2D eigenvalue weighted by Crippen LogP contribution is 2.32. The monoisotopic (exact) mass is 279 g/mol. The first-order chi connectivity index (χ1) is 9.15. The topological polar surface area (TPSA) is 44.4 Å². The van der Waals surface area contributed by atoms with E-state index >= 15 is 0 Å². The molecule has 2 N–H and O–H groups in total. The largest absolute Gasteiger partial charge is 0.322 e. The van der Waals surface area contributed by atoms with Crippen LogP contribution in [0, 0.1) is 5.92 Å². The van der Waals surface area contributed by atoms with Gasteiger partial charge in [0, 0.05) is 29.8 Å². The Hall–Kier alpha value is -1.26. The molecular weight excluding hydrogens is 262 g/mol. The van der Waals surface area contributed by atoms with E-state index in [1.807, 2.05) is 17.0 Å². The van der Waals surface area contributed by atoms with E-state index in [4.69, 9.17) is 11.6 Å². The number of halogens is 1. The zero-order chi connectivity index (χ0) is 13.4. The number of nitrogens with zero attached hydrogens (tertiary/aromatic N) is 1. The average molecular weight is 280 g/mol. The summed E-state index contributed by atoms with van der Waals surface area (Å²) >= 11 is 5.93. The predicted octanol–water partition coefficient (Wildman–Crippen LogP) is 2.55. The number of anilines is 1. The maximum absolute atomic E-state index is 12.4. The summed E-state index contributed by atoms with van der Waals surface area (Å²) in [4.78, 5) is 14.4. The fourth-order valence-electron chi connectivity index (χ4n) is 3.27. The van der Waals surface area contributed by atoms with E-state index in [9.17, 15) is 4.79 Å². The Kier molecular flexibility index (Phi) is 3.37. The number of fused-ring (bicyclic) bond motifs is 1. The summed E-state index contributed by atoms with van der Waals surface area (Å²) in [5.41, 5.74) is 0.749. The molecule has 4 nitrogen and oxygen atoms in total. The summed E-state index contributed by atoms with van der Waals surface area (Å²) in [6.07, 6.45) is 1.08. The molecule has 2 fully saturated rings. The van der Waals surface area contributed by atoms with Crippen LogP contribution in [0.15, 0.2) is 24.3 Å². The van der Waals surface area contributed by atoms with Gasteiger partial charge in [0.2, 0.25) is 0 Å². The van der Waals surface area contributed by atoms with Gasteiger partial charge in [-0.2, -0.15) is 0 Å². The molecule has 19 heavy (non-hydrogen) atoms. The number of benzene rings is 1. The number of nitrogens with one attached hydrogen (secondary N) is 2. The van der Waals surface area contributed by atoms with E-state index in [0.717, 1.165) is 25.2 Å². The number of rotatable bonds is 1. The molecule has 1 aromatic rings. The van der Waals surface area contributed by atoms with Crippen LogP contribution in [0.3, 0.4) is 0 Å². The van der Waals surface area contributed by atoms with Crippen molar-refractivity contribution in [1.29, 1.82) is 0 Å². The maximum atomic E-state index is 12.4. The number of amides is 2. The fraction of sp³-hybridized carbons (Fsp3) is 0.500. The summed E-state index contributed by atoms with van der Waals surface area (Å²) in [5.74, 6) is 0.597. The number of hydrogen-bond acceptors (Lipinski definition) is 2. The minimum Gasteiger partial charge on any atom is -0.317 e. The summed E-state index contributed by atoms with van der Waals surface area (Å²) in [5, 5.41) is 6.93. The zero-order valence-corrected chi connectivity index (χ0v) is 11.7. The van der Waals surface area contributed by atoms with Gasteiger partial charge in [0.1, 0.15) is 0 Å². The highest BCUT2D eigenvalue weighted by Gasteiger charge is 2.44. The van der Waals surface area contributed by atoms with Crippen LogP contribution in [-0.2, 0) is 0 Å². The van der Waals surface area contributed by atoms with Gasteiger partial charge in [-0.05, 0) is 37.5 Å². The molecule has 2 aliphatic heterocycles. The molecular formula is C14H18ClN3O. The van der Waals surface area contributed by atoms with Crippen LogP contribution in [0.25, 0.3) is 0 Å². The van der Waals surface area contributed by atoms with Crippen molar-refractivity contribution in [3.8, 4) is 0 Å². The second kappa shape index (κ2) is 5.02. The van der Waals surface area contributed by atoms with Gasteiger partial charge in [0.25, 0.3) is 0 Å². The smallest absolute Gasteiger partial charge is 0.317 e. The summed E-state index contributed by atoms with van der Waals surface area (Å²) < 4.78 is 0. The van der Waals surface area contributed by atoms with Crippen molar-refractivity contribution in [2.45, 2.75) is 25.4 Å². The Morgan fingerprint density at radius 1 is 1.47 bits per heavy atom. The summed E-state index contributed by atoms with van der Waals surface area (Å²) in [7, 11) is 0. The second-order valence-corrected chi connectivity index (χ2v) is 5.85. The van der Waals surface area contributed by atoms with Crippen LogP contribution in [0.2, 0.25) is 5.02 Å². The Labute approximate surface area is 118 Å². The van der Waals surface area contributed by atoms with Crippen LogP contribution in [0.5, 0.6) is 0 Å². The molecule has 3 atom stereocenters. The minimum absolute atomic E-state index is 0.0223. The molecule has 5 heteroatoms. The third kappa shape index (κ3) is 2.42. The van der Waals surface area contributed by atoms with Gasteiger partial charge in [-0.1, -0.05) is 17.7 Å². The summed E-state index contributed by atoms with van der Waals surface area (Å²) in [6, 6.07) is 7.87. The van der Waals surface area contributed by atoms with Crippen molar-refractivity contribution in [3.05, 3.63) is 29.3 Å². The Morgan fingerprint density at radius 3 is 3.11 bits per heavy atom. The first-order valence-corrected chi connectivity index (χ1v) is 7.08. The average Bonchev–Trinajstić information content (AvgIpc) is 2.88. The lowest BCUT2D eigenvalue weighted by molar-refractivity contribution is 0.190. The lowest BCUT2D eigenvalue weighted by Gasteiger charge is -2.27. The lowest BCUT2D eigenvalue weighted by atomic mass is 10.0. The molecule has 0 saturated carbocycles. The molecule has 3 rings (SSSR count). The van der Waals surface area contributed by atoms with Gasteiger partial charge in [0.05, 0.1) is 6.04 Å². The van der Waals surface area contributed by atoms with Crippen molar-refractivity contribution < 1.29 is 4.79 Å². The number of carbonyl (C=O) groups is 1. The first-order valence-electron chi connectivity index (χ1n) is 6.71. The molecule has 2 heterocycles. The normalized spacial score (nSPS) is 29.4. The SMILES string of the molecule is CC1CC2CNCC2N1C(=O)Nc1cccc(Cl)c1. The Morgan fingerprint density at radius 2 is 2.32 bits per heavy atom. The third-order valence-electron chi connectivity index (χ3n) is 4.09. The molecule has 1 aromatic carbocycles. The third-order valence-corrected chi connectivity index (χ3v) is 4.33. The van der Waals surface area contributed by atoms with Crippen LogP contribution in [0.4, 0.5) is 10.5 Å². The highest BCUT2D eigenvalue weighted by atomic mass is 35.5. The van der Waals surface area contributed by atoms with Crippen molar-refractivity contribution in [1.82, 2.24) is 10.2 Å². The van der Waals surface area contributed by atoms with Gasteiger partial charge >= 0.3 is 6.03 Å². The van der Waals surface area contributed by atoms with E-state index in [0.29, 0.717) is 23.0 Å². The Bertz CT molecular complexity index is 493. The molecule has 2 amide bonds. The standard InChI is InChI=1S/C14H18ClN3O/c1-9-5-10-7-16-8-13(10)18(9)14(19)17-12-4-2-3-11(15)6-12/h2-4,6,9-10,13,16H,5,7-8H2,1H3,(H,17,19). The van der Waals surface area contributed by atoms with E-state index in [1.165, 1.54) is 0 Å². The second-order valence-electron chi connectivity index (χ2n) is 5.42. The minimum atomic E-state index is -0.0223. The first kappa shape index (κ1) is 12.8. The maximum Gasteiger partial charge on any atom is 0.322 e. The predicted molar refractivity (Wildman–Crippen MR) is 76.5 cm³/mol. The molecule has 0 aliphatic carbocycles. The van der Waals surface area contributed by atoms with Gasteiger partial charge in [0.15, 0.2) is 0 Å². The number of hydrogen-bond donors (Lipinski definition) is 2. The number of urea groups is 1. The van der Waals surface area contributed by atoms with Crippen LogP contribution in [0.1, 0.15) is 13.3 Å². The van der Waals surface area contributed by atoms with Crippen LogP contribution >= 0.6 is 11.6 Å². The molecule has 2 aliphatic rings. The van der Waals surface area contributed by atoms with Crippen molar-refractivity contribution in [2.24, 2.45) is 5.92 Å². The Balaban J connectivity index is 1.73. The van der Waals surface area contributed by atoms with E-state index in [2.05, 4.69) is 17.6 Å². The summed E-state index contributed by atoms with van der Waals surface area (Å²) in [6.45, 7) is 4.05. The number of likely N-dealkylation sites (tertiary alicyclic amines) is 1. The number of carbonyl (C=O) groups excluding carboxylic acids is 1. The van der Waals surface area contributed by atoms with Gasteiger partial charge in [-0.3, -0.25) is 0 Å². The highest BCUT2D eigenvalue weighted by molar-refractivity contribution is 6.30. The van der Waals surface area contributed by atoms with Gasteiger partial charge in [-0.25, -0.2) is 4.79 Å². The quantitative estimate of drug-likeness (QED) is 0.830. The molecule has 102 valence electrons. The van der Waals surface area contributed by atoms with Crippen molar-refractivity contribution in [2.75, 3.05) is 18.4 Å². The van der Waals surface area contributed by atoms with Crippen LogP contribution < -0.4 is 10.6 Å². The molecule has 0 radical (unpaired) electrons.